The van der Waals surface area contributed by atoms with Gasteiger partial charge in [-0.1, -0.05) is 24.3 Å². The van der Waals surface area contributed by atoms with E-state index in [4.69, 9.17) is 15.6 Å². The summed E-state index contributed by atoms with van der Waals surface area (Å²) in [5.41, 5.74) is 12.3. The Morgan fingerprint density at radius 2 is 1.65 bits per heavy atom. The second-order valence-corrected chi connectivity index (χ2v) is 5.56. The molecule has 0 fully saturated rings. The average molecular weight is 307 g/mol. The third-order valence-electron chi connectivity index (χ3n) is 4.09. The first-order valence-corrected chi connectivity index (χ1v) is 7.64. The van der Waals surface area contributed by atoms with Crippen molar-refractivity contribution < 1.29 is 4.74 Å². The molecule has 118 valence electrons. The number of ether oxygens (including phenoxy) is 1. The lowest BCUT2D eigenvalue weighted by atomic mass is 10.0. The number of nitrogens with zero attached hydrogens (tertiary/aromatic N) is 2. The predicted octanol–water partition coefficient (Wildman–Crippen LogP) is 3.62. The van der Waals surface area contributed by atoms with Gasteiger partial charge in [-0.3, -0.25) is 0 Å². The highest BCUT2D eigenvalue weighted by molar-refractivity contribution is 5.69. The molecule has 1 heterocycles. The average Bonchev–Trinajstić information content (AvgIpc) is 2.89. The number of aryl methyl sites for hydroxylation is 1. The van der Waals surface area contributed by atoms with E-state index in [0.29, 0.717) is 6.54 Å². The fourth-order valence-electron chi connectivity index (χ4n) is 2.84. The van der Waals surface area contributed by atoms with Gasteiger partial charge in [0.15, 0.2) is 0 Å². The van der Waals surface area contributed by atoms with Gasteiger partial charge in [-0.15, -0.1) is 0 Å². The van der Waals surface area contributed by atoms with Gasteiger partial charge in [0.25, 0.3) is 0 Å². The number of hydrogen-bond acceptors (Lipinski definition) is 3. The molecule has 0 unspecified atom stereocenters. The molecule has 3 aromatic rings. The van der Waals surface area contributed by atoms with Gasteiger partial charge in [0.2, 0.25) is 0 Å². The summed E-state index contributed by atoms with van der Waals surface area (Å²) in [7, 11) is 1.68. The van der Waals surface area contributed by atoms with Crippen LogP contribution in [0, 0.1) is 13.8 Å². The van der Waals surface area contributed by atoms with Crippen LogP contribution in [0.4, 0.5) is 0 Å². The van der Waals surface area contributed by atoms with E-state index in [1.165, 1.54) is 0 Å². The Morgan fingerprint density at radius 3 is 2.22 bits per heavy atom. The lowest BCUT2D eigenvalue weighted by Crippen LogP contribution is -2.01. The van der Waals surface area contributed by atoms with Gasteiger partial charge in [-0.05, 0) is 49.2 Å². The molecule has 0 bridgehead atoms. The molecule has 0 aliphatic rings. The standard InChI is InChI=1S/C19H21N3O/c1-13-19(16-6-10-18(23-3)11-7-16)14(2)22(21-13)17-8-4-15(12-20)5-9-17/h4-11H,12,20H2,1-3H3. The third-order valence-corrected chi connectivity index (χ3v) is 4.09. The Kier molecular flexibility index (Phi) is 4.17. The highest BCUT2D eigenvalue weighted by atomic mass is 16.5. The fraction of sp³-hybridized carbons (Fsp3) is 0.211. The summed E-state index contributed by atoms with van der Waals surface area (Å²) >= 11 is 0. The second kappa shape index (κ2) is 6.26. The van der Waals surface area contributed by atoms with E-state index in [-0.39, 0.29) is 0 Å². The van der Waals surface area contributed by atoms with Gasteiger partial charge in [0, 0.05) is 17.8 Å². The molecule has 0 amide bonds. The van der Waals surface area contributed by atoms with Crippen LogP contribution in [0.25, 0.3) is 16.8 Å². The molecule has 4 heteroatoms. The zero-order valence-electron chi connectivity index (χ0n) is 13.7. The maximum atomic E-state index is 5.66. The van der Waals surface area contributed by atoms with Gasteiger partial charge >= 0.3 is 0 Å². The maximum Gasteiger partial charge on any atom is 0.118 e. The first kappa shape index (κ1) is 15.3. The highest BCUT2D eigenvalue weighted by Crippen LogP contribution is 2.30. The predicted molar refractivity (Wildman–Crippen MR) is 92.9 cm³/mol. The van der Waals surface area contributed by atoms with Crippen molar-refractivity contribution in [3.05, 3.63) is 65.5 Å². The molecule has 0 spiro atoms. The van der Waals surface area contributed by atoms with Crippen molar-refractivity contribution >= 4 is 0 Å². The minimum absolute atomic E-state index is 0.550. The molecular formula is C19H21N3O. The van der Waals surface area contributed by atoms with E-state index in [0.717, 1.165) is 39.5 Å². The zero-order valence-corrected chi connectivity index (χ0v) is 13.7. The molecule has 2 N–H and O–H groups in total. The molecule has 0 saturated heterocycles. The van der Waals surface area contributed by atoms with Gasteiger partial charge in [-0.2, -0.15) is 5.10 Å². The quantitative estimate of drug-likeness (QED) is 0.801. The summed E-state index contributed by atoms with van der Waals surface area (Å²) in [6.07, 6.45) is 0. The smallest absolute Gasteiger partial charge is 0.118 e. The number of hydrogen-bond donors (Lipinski definition) is 1. The second-order valence-electron chi connectivity index (χ2n) is 5.56. The van der Waals surface area contributed by atoms with Gasteiger partial charge in [0.1, 0.15) is 5.75 Å². The lowest BCUT2D eigenvalue weighted by Gasteiger charge is -2.07. The number of aromatic nitrogens is 2. The Bertz CT molecular complexity index is 802. The summed E-state index contributed by atoms with van der Waals surface area (Å²) in [5.74, 6) is 0.855. The van der Waals surface area contributed by atoms with Crippen LogP contribution in [0.5, 0.6) is 5.75 Å². The van der Waals surface area contributed by atoms with Crippen molar-refractivity contribution in [2.75, 3.05) is 7.11 Å². The molecule has 4 nitrogen and oxygen atoms in total. The normalized spacial score (nSPS) is 10.8. The first-order valence-electron chi connectivity index (χ1n) is 7.64. The van der Waals surface area contributed by atoms with E-state index in [9.17, 15) is 0 Å². The molecule has 3 rings (SSSR count). The molecule has 1 aromatic heterocycles. The number of nitrogens with two attached hydrogens (primary N) is 1. The van der Waals surface area contributed by atoms with Crippen molar-refractivity contribution in [2.24, 2.45) is 5.73 Å². The van der Waals surface area contributed by atoms with Crippen molar-refractivity contribution in [3.8, 4) is 22.6 Å². The molecule has 0 aliphatic heterocycles. The number of benzene rings is 2. The molecule has 0 saturated carbocycles. The summed E-state index contributed by atoms with van der Waals surface area (Å²) in [5, 5.41) is 4.71. The van der Waals surface area contributed by atoms with Gasteiger partial charge in [-0.25, -0.2) is 4.68 Å². The molecule has 0 aliphatic carbocycles. The summed E-state index contributed by atoms with van der Waals surface area (Å²) in [6.45, 7) is 4.68. The summed E-state index contributed by atoms with van der Waals surface area (Å²) < 4.78 is 7.21. The van der Waals surface area contributed by atoms with Crippen LogP contribution in [0.15, 0.2) is 48.5 Å². The minimum atomic E-state index is 0.550. The number of methoxy groups -OCH3 is 1. The fourth-order valence-corrected chi connectivity index (χ4v) is 2.84. The third kappa shape index (κ3) is 2.85. The van der Waals surface area contributed by atoms with Crippen molar-refractivity contribution in [1.82, 2.24) is 9.78 Å². The lowest BCUT2D eigenvalue weighted by molar-refractivity contribution is 0.415. The summed E-state index contributed by atoms with van der Waals surface area (Å²) in [6, 6.07) is 16.3. The number of rotatable bonds is 4. The molecular weight excluding hydrogens is 286 g/mol. The Labute approximate surface area is 136 Å². The highest BCUT2D eigenvalue weighted by Gasteiger charge is 2.14. The van der Waals surface area contributed by atoms with E-state index < -0.39 is 0 Å². The van der Waals surface area contributed by atoms with Crippen LogP contribution in [0.3, 0.4) is 0 Å². The zero-order chi connectivity index (χ0) is 16.4. The monoisotopic (exact) mass is 307 g/mol. The molecule has 2 aromatic carbocycles. The van der Waals surface area contributed by atoms with Gasteiger partial charge in [0.05, 0.1) is 18.5 Å². The van der Waals surface area contributed by atoms with E-state index in [2.05, 4.69) is 31.2 Å². The summed E-state index contributed by atoms with van der Waals surface area (Å²) in [4.78, 5) is 0. The maximum absolute atomic E-state index is 5.66. The van der Waals surface area contributed by atoms with Crippen molar-refractivity contribution in [1.29, 1.82) is 0 Å². The SMILES string of the molecule is COc1ccc(-c2c(C)nn(-c3ccc(CN)cc3)c2C)cc1. The van der Waals surface area contributed by atoms with E-state index >= 15 is 0 Å². The molecule has 0 radical (unpaired) electrons. The minimum Gasteiger partial charge on any atom is -0.497 e. The van der Waals surface area contributed by atoms with Gasteiger partial charge < -0.3 is 10.5 Å². The van der Waals surface area contributed by atoms with Crippen LogP contribution in [-0.2, 0) is 6.54 Å². The molecule has 23 heavy (non-hydrogen) atoms. The topological polar surface area (TPSA) is 53.1 Å². The first-order chi connectivity index (χ1) is 11.1. The van der Waals surface area contributed by atoms with Crippen molar-refractivity contribution in [2.45, 2.75) is 20.4 Å². The van der Waals surface area contributed by atoms with Crippen LogP contribution < -0.4 is 10.5 Å². The van der Waals surface area contributed by atoms with E-state index in [1.807, 2.05) is 35.9 Å². The Balaban J connectivity index is 2.04. The Morgan fingerprint density at radius 1 is 1.00 bits per heavy atom. The largest absolute Gasteiger partial charge is 0.497 e. The molecule has 0 atom stereocenters. The van der Waals surface area contributed by atoms with Crippen LogP contribution in [-0.4, -0.2) is 16.9 Å². The Hall–Kier alpha value is -2.59. The van der Waals surface area contributed by atoms with Crippen molar-refractivity contribution in [3.63, 3.8) is 0 Å². The van der Waals surface area contributed by atoms with E-state index in [1.54, 1.807) is 7.11 Å². The van der Waals surface area contributed by atoms with Crippen LogP contribution in [0.1, 0.15) is 17.0 Å². The van der Waals surface area contributed by atoms with Crippen LogP contribution in [0.2, 0.25) is 0 Å². The van der Waals surface area contributed by atoms with Crippen LogP contribution >= 0.6 is 0 Å².